The fraction of sp³-hybridized carbons (Fsp3) is 0.652. The molecule has 2 aliphatic rings. The van der Waals surface area contributed by atoms with Gasteiger partial charge in [0.1, 0.15) is 0 Å². The van der Waals surface area contributed by atoms with Gasteiger partial charge in [0.2, 0.25) is 11.8 Å². The first kappa shape index (κ1) is 20.8. The lowest BCUT2D eigenvalue weighted by Gasteiger charge is -2.41. The van der Waals surface area contributed by atoms with Crippen LogP contribution in [0.3, 0.4) is 0 Å². The third kappa shape index (κ3) is 5.34. The van der Waals surface area contributed by atoms with Crippen molar-refractivity contribution in [3.8, 4) is 0 Å². The smallest absolute Gasteiger partial charge is 0.237 e. The van der Waals surface area contributed by atoms with Crippen LogP contribution in [-0.4, -0.2) is 59.9 Å². The zero-order valence-electron chi connectivity index (χ0n) is 17.4. The van der Waals surface area contributed by atoms with E-state index in [9.17, 15) is 9.59 Å². The standard InChI is InChI=1S/C23H35N3O2/c1-3-18(2)24-23(28)22(20-11-7-8-12-20)26-15-13-25(14-16-26)21(27)17-19-9-5-4-6-10-19/h4-6,9-10,18,20,22H,3,7-8,11-17H2,1-2H3,(H,24,28). The Morgan fingerprint density at radius 1 is 1.07 bits per heavy atom. The molecule has 2 amide bonds. The number of rotatable bonds is 7. The summed E-state index contributed by atoms with van der Waals surface area (Å²) in [5.41, 5.74) is 1.06. The van der Waals surface area contributed by atoms with Crippen molar-refractivity contribution in [3.63, 3.8) is 0 Å². The Bertz CT molecular complexity index is 635. The van der Waals surface area contributed by atoms with E-state index in [1.807, 2.05) is 35.2 Å². The van der Waals surface area contributed by atoms with Crippen molar-refractivity contribution >= 4 is 11.8 Å². The number of hydrogen-bond acceptors (Lipinski definition) is 3. The maximum Gasteiger partial charge on any atom is 0.237 e. The second-order valence-electron chi connectivity index (χ2n) is 8.39. The lowest BCUT2D eigenvalue weighted by molar-refractivity contribution is -0.135. The van der Waals surface area contributed by atoms with Crippen LogP contribution >= 0.6 is 0 Å². The number of carbonyl (C=O) groups excluding carboxylic acids is 2. The Morgan fingerprint density at radius 2 is 1.71 bits per heavy atom. The minimum absolute atomic E-state index is 0.0390. The number of piperazine rings is 1. The first-order valence-electron chi connectivity index (χ1n) is 10.9. The third-order valence-electron chi connectivity index (χ3n) is 6.37. The van der Waals surface area contributed by atoms with Crippen LogP contribution in [0, 0.1) is 5.92 Å². The molecule has 0 radical (unpaired) electrons. The van der Waals surface area contributed by atoms with Crippen LogP contribution in [0.1, 0.15) is 51.5 Å². The van der Waals surface area contributed by atoms with Crippen molar-refractivity contribution in [2.75, 3.05) is 26.2 Å². The Morgan fingerprint density at radius 3 is 2.32 bits per heavy atom. The van der Waals surface area contributed by atoms with E-state index in [0.29, 0.717) is 25.4 Å². The van der Waals surface area contributed by atoms with Crippen molar-refractivity contribution in [2.45, 2.75) is 64.5 Å². The Labute approximate surface area is 169 Å². The zero-order chi connectivity index (χ0) is 19.9. The molecule has 1 aliphatic carbocycles. The number of nitrogens with one attached hydrogen (secondary N) is 1. The van der Waals surface area contributed by atoms with Gasteiger partial charge >= 0.3 is 0 Å². The molecule has 1 saturated heterocycles. The Kier molecular flexibility index (Phi) is 7.49. The van der Waals surface area contributed by atoms with Crippen LogP contribution in [0.5, 0.6) is 0 Å². The van der Waals surface area contributed by atoms with E-state index >= 15 is 0 Å². The minimum atomic E-state index is -0.0390. The molecule has 1 N–H and O–H groups in total. The molecular weight excluding hydrogens is 350 g/mol. The molecule has 1 aromatic carbocycles. The van der Waals surface area contributed by atoms with Crippen molar-refractivity contribution < 1.29 is 9.59 Å². The maximum atomic E-state index is 13.0. The number of carbonyl (C=O) groups is 2. The number of benzene rings is 1. The highest BCUT2D eigenvalue weighted by atomic mass is 16.2. The predicted octanol–water partition coefficient (Wildman–Crippen LogP) is 2.85. The molecule has 2 atom stereocenters. The third-order valence-corrected chi connectivity index (χ3v) is 6.37. The van der Waals surface area contributed by atoms with Crippen LogP contribution in [0.2, 0.25) is 0 Å². The summed E-state index contributed by atoms with van der Waals surface area (Å²) in [5.74, 6) is 0.827. The average molecular weight is 386 g/mol. The molecular formula is C23H35N3O2. The minimum Gasteiger partial charge on any atom is -0.352 e. The van der Waals surface area contributed by atoms with Crippen LogP contribution in [-0.2, 0) is 16.0 Å². The van der Waals surface area contributed by atoms with Crippen LogP contribution in [0.25, 0.3) is 0 Å². The molecule has 1 heterocycles. The summed E-state index contributed by atoms with van der Waals surface area (Å²) in [5, 5.41) is 3.21. The molecule has 1 saturated carbocycles. The van der Waals surface area contributed by atoms with Crippen LogP contribution in [0.4, 0.5) is 0 Å². The Hall–Kier alpha value is -1.88. The van der Waals surface area contributed by atoms with Crippen molar-refractivity contribution in [1.29, 1.82) is 0 Å². The molecule has 154 valence electrons. The molecule has 2 unspecified atom stereocenters. The topological polar surface area (TPSA) is 52.7 Å². The van der Waals surface area contributed by atoms with Gasteiger partial charge in [-0.05, 0) is 37.7 Å². The number of hydrogen-bond donors (Lipinski definition) is 1. The molecule has 0 spiro atoms. The number of amides is 2. The SMILES string of the molecule is CCC(C)NC(=O)C(C1CCCC1)N1CCN(C(=O)Cc2ccccc2)CC1. The van der Waals surface area contributed by atoms with Gasteiger partial charge in [0.15, 0.2) is 0 Å². The van der Waals surface area contributed by atoms with E-state index in [-0.39, 0.29) is 23.9 Å². The van der Waals surface area contributed by atoms with Gasteiger partial charge in [-0.25, -0.2) is 0 Å². The molecule has 28 heavy (non-hydrogen) atoms. The largest absolute Gasteiger partial charge is 0.352 e. The van der Waals surface area contributed by atoms with Crippen molar-refractivity contribution in [1.82, 2.24) is 15.1 Å². The summed E-state index contributed by atoms with van der Waals surface area (Å²) in [7, 11) is 0. The van der Waals surface area contributed by atoms with E-state index in [0.717, 1.165) is 37.9 Å². The van der Waals surface area contributed by atoms with Gasteiger partial charge in [0.05, 0.1) is 12.5 Å². The summed E-state index contributed by atoms with van der Waals surface area (Å²) >= 11 is 0. The highest BCUT2D eigenvalue weighted by Gasteiger charge is 2.37. The first-order chi connectivity index (χ1) is 13.6. The maximum absolute atomic E-state index is 13.0. The monoisotopic (exact) mass is 385 g/mol. The summed E-state index contributed by atoms with van der Waals surface area (Å²) in [6.07, 6.45) is 6.16. The van der Waals surface area contributed by atoms with Gasteiger partial charge < -0.3 is 10.2 Å². The van der Waals surface area contributed by atoms with E-state index in [1.165, 1.54) is 12.8 Å². The zero-order valence-corrected chi connectivity index (χ0v) is 17.4. The fourth-order valence-corrected chi connectivity index (χ4v) is 4.51. The van der Waals surface area contributed by atoms with E-state index in [2.05, 4.69) is 24.1 Å². The van der Waals surface area contributed by atoms with Crippen LogP contribution in [0.15, 0.2) is 30.3 Å². The quantitative estimate of drug-likeness (QED) is 0.785. The van der Waals surface area contributed by atoms with Gasteiger partial charge in [-0.15, -0.1) is 0 Å². The highest BCUT2D eigenvalue weighted by molar-refractivity contribution is 5.82. The highest BCUT2D eigenvalue weighted by Crippen LogP contribution is 2.31. The lowest BCUT2D eigenvalue weighted by Crippen LogP contribution is -2.58. The average Bonchev–Trinajstić information content (AvgIpc) is 3.23. The summed E-state index contributed by atoms with van der Waals surface area (Å²) in [6, 6.07) is 10.1. The second kappa shape index (κ2) is 10.1. The fourth-order valence-electron chi connectivity index (χ4n) is 4.51. The molecule has 0 aromatic heterocycles. The molecule has 1 aromatic rings. The van der Waals surface area contributed by atoms with Gasteiger partial charge in [0, 0.05) is 32.2 Å². The Balaban J connectivity index is 1.58. The van der Waals surface area contributed by atoms with Gasteiger partial charge in [-0.1, -0.05) is 50.1 Å². The second-order valence-corrected chi connectivity index (χ2v) is 8.39. The lowest BCUT2D eigenvalue weighted by atomic mass is 9.94. The van der Waals surface area contributed by atoms with Crippen molar-refractivity contribution in [2.24, 2.45) is 5.92 Å². The molecule has 0 bridgehead atoms. The molecule has 5 heteroatoms. The summed E-state index contributed by atoms with van der Waals surface area (Å²) < 4.78 is 0. The van der Waals surface area contributed by atoms with Gasteiger partial charge in [-0.2, -0.15) is 0 Å². The van der Waals surface area contributed by atoms with E-state index in [1.54, 1.807) is 0 Å². The summed E-state index contributed by atoms with van der Waals surface area (Å²) in [6.45, 7) is 7.18. The molecule has 5 nitrogen and oxygen atoms in total. The van der Waals surface area contributed by atoms with Gasteiger partial charge in [0.25, 0.3) is 0 Å². The molecule has 2 fully saturated rings. The normalized spacial score (nSPS) is 20.7. The van der Waals surface area contributed by atoms with Crippen molar-refractivity contribution in [3.05, 3.63) is 35.9 Å². The van der Waals surface area contributed by atoms with E-state index < -0.39 is 0 Å². The predicted molar refractivity (Wildman–Crippen MR) is 112 cm³/mol. The molecule has 1 aliphatic heterocycles. The van der Waals surface area contributed by atoms with Gasteiger partial charge in [-0.3, -0.25) is 14.5 Å². The summed E-state index contributed by atoms with van der Waals surface area (Å²) in [4.78, 5) is 30.0. The van der Waals surface area contributed by atoms with E-state index in [4.69, 9.17) is 0 Å². The first-order valence-corrected chi connectivity index (χ1v) is 10.9. The molecule has 3 rings (SSSR count). The number of nitrogens with zero attached hydrogens (tertiary/aromatic N) is 2. The van der Waals surface area contributed by atoms with Crippen LogP contribution < -0.4 is 5.32 Å².